The fourth-order valence-corrected chi connectivity index (χ4v) is 1.20. The van der Waals surface area contributed by atoms with Crippen molar-refractivity contribution >= 4 is 11.6 Å². The number of ether oxygens (including phenoxy) is 1. The molecule has 1 heterocycles. The molecule has 1 aromatic carbocycles. The Morgan fingerprint density at radius 1 is 1.20 bits per heavy atom. The molecule has 0 aliphatic rings. The van der Waals surface area contributed by atoms with Gasteiger partial charge in [0, 0.05) is 0 Å². The Kier molecular flexibility index (Phi) is 3.09. The predicted molar refractivity (Wildman–Crippen MR) is 55.6 cm³/mol. The number of hydrogen-bond donors (Lipinski definition) is 0. The zero-order valence-corrected chi connectivity index (χ0v) is 8.55. The van der Waals surface area contributed by atoms with Gasteiger partial charge in [0.15, 0.2) is 0 Å². The fraction of sp³-hybridized carbons (Fsp3) is 0.100. The minimum Gasteiger partial charge on any atom is -0.472 e. The van der Waals surface area contributed by atoms with Crippen molar-refractivity contribution in [3.8, 4) is 5.88 Å². The maximum atomic E-state index is 5.56. The van der Waals surface area contributed by atoms with E-state index in [1.807, 2.05) is 30.3 Å². The van der Waals surface area contributed by atoms with Gasteiger partial charge in [-0.15, -0.1) is 5.10 Å². The molecule has 4 nitrogen and oxygen atoms in total. The molecule has 0 unspecified atom stereocenters. The van der Waals surface area contributed by atoms with Crippen LogP contribution < -0.4 is 4.74 Å². The highest BCUT2D eigenvalue weighted by Crippen LogP contribution is 2.09. The van der Waals surface area contributed by atoms with Gasteiger partial charge in [0.05, 0.1) is 0 Å². The Hall–Kier alpha value is -1.68. The van der Waals surface area contributed by atoms with Crippen molar-refractivity contribution in [2.75, 3.05) is 0 Å². The molecule has 1 aromatic heterocycles. The maximum Gasteiger partial charge on any atom is 0.246 e. The standard InChI is InChI=1S/C10H8ClN3O/c11-10-13-9(6-12-14-10)15-7-8-4-2-1-3-5-8/h1-6H,7H2. The summed E-state index contributed by atoms with van der Waals surface area (Å²) in [4.78, 5) is 3.86. The van der Waals surface area contributed by atoms with Crippen molar-refractivity contribution in [3.63, 3.8) is 0 Å². The van der Waals surface area contributed by atoms with E-state index < -0.39 is 0 Å². The molecule has 0 saturated heterocycles. The van der Waals surface area contributed by atoms with Gasteiger partial charge in [0.1, 0.15) is 12.8 Å². The SMILES string of the molecule is Clc1nncc(OCc2ccccc2)n1. The van der Waals surface area contributed by atoms with Crippen molar-refractivity contribution in [2.45, 2.75) is 6.61 Å². The number of nitrogens with zero attached hydrogens (tertiary/aromatic N) is 3. The van der Waals surface area contributed by atoms with E-state index in [1.165, 1.54) is 6.20 Å². The molecule has 15 heavy (non-hydrogen) atoms. The van der Waals surface area contributed by atoms with Crippen molar-refractivity contribution in [1.29, 1.82) is 0 Å². The smallest absolute Gasteiger partial charge is 0.246 e. The molecule has 0 radical (unpaired) electrons. The third kappa shape index (κ3) is 2.89. The van der Waals surface area contributed by atoms with Gasteiger partial charge < -0.3 is 4.74 Å². The lowest BCUT2D eigenvalue weighted by Crippen LogP contribution is -1.98. The molecule has 0 saturated carbocycles. The van der Waals surface area contributed by atoms with Crippen LogP contribution in [-0.4, -0.2) is 15.2 Å². The van der Waals surface area contributed by atoms with Gasteiger partial charge in [-0.25, -0.2) is 0 Å². The third-order valence-electron chi connectivity index (χ3n) is 1.74. The van der Waals surface area contributed by atoms with E-state index in [4.69, 9.17) is 16.3 Å². The summed E-state index contributed by atoms with van der Waals surface area (Å²) in [5.74, 6) is 0.374. The van der Waals surface area contributed by atoms with Crippen LogP contribution in [-0.2, 0) is 6.61 Å². The number of rotatable bonds is 3. The summed E-state index contributed by atoms with van der Waals surface area (Å²) in [7, 11) is 0. The van der Waals surface area contributed by atoms with Crippen molar-refractivity contribution in [2.24, 2.45) is 0 Å². The topological polar surface area (TPSA) is 47.9 Å². The molecule has 0 bridgehead atoms. The second-order valence-electron chi connectivity index (χ2n) is 2.84. The molecule has 0 aliphatic carbocycles. The summed E-state index contributed by atoms with van der Waals surface area (Å²) in [5.41, 5.74) is 1.06. The fourth-order valence-electron chi connectivity index (χ4n) is 1.07. The zero-order chi connectivity index (χ0) is 10.5. The number of halogens is 1. The van der Waals surface area contributed by atoms with E-state index in [-0.39, 0.29) is 5.28 Å². The van der Waals surface area contributed by atoms with Crippen molar-refractivity contribution in [3.05, 3.63) is 47.4 Å². The highest BCUT2D eigenvalue weighted by Gasteiger charge is 1.99. The summed E-state index contributed by atoms with van der Waals surface area (Å²) in [6.07, 6.45) is 1.43. The largest absolute Gasteiger partial charge is 0.472 e. The second-order valence-corrected chi connectivity index (χ2v) is 3.18. The normalized spacial score (nSPS) is 9.93. The van der Waals surface area contributed by atoms with Gasteiger partial charge in [-0.2, -0.15) is 10.1 Å². The molecular formula is C10H8ClN3O. The van der Waals surface area contributed by atoms with E-state index in [1.54, 1.807) is 0 Å². The summed E-state index contributed by atoms with van der Waals surface area (Å²) < 4.78 is 5.37. The van der Waals surface area contributed by atoms with Gasteiger partial charge >= 0.3 is 0 Å². The van der Waals surface area contributed by atoms with E-state index >= 15 is 0 Å². The molecule has 0 amide bonds. The summed E-state index contributed by atoms with van der Waals surface area (Å²) in [6.45, 7) is 0.440. The molecule has 0 fully saturated rings. The van der Waals surface area contributed by atoms with E-state index in [0.717, 1.165) is 5.56 Å². The van der Waals surface area contributed by atoms with Gasteiger partial charge in [-0.1, -0.05) is 30.3 Å². The summed E-state index contributed by atoms with van der Waals surface area (Å²) >= 11 is 5.56. The molecule has 0 spiro atoms. The first-order valence-corrected chi connectivity index (χ1v) is 4.74. The minimum atomic E-state index is 0.0839. The summed E-state index contributed by atoms with van der Waals surface area (Å²) in [6, 6.07) is 9.78. The van der Waals surface area contributed by atoms with E-state index in [0.29, 0.717) is 12.5 Å². The monoisotopic (exact) mass is 221 g/mol. The Morgan fingerprint density at radius 2 is 2.00 bits per heavy atom. The number of benzene rings is 1. The maximum absolute atomic E-state index is 5.56. The molecule has 5 heteroatoms. The molecule has 2 aromatic rings. The summed E-state index contributed by atoms with van der Waals surface area (Å²) in [5, 5.41) is 7.23. The van der Waals surface area contributed by atoms with Crippen molar-refractivity contribution < 1.29 is 4.74 Å². The average Bonchev–Trinajstić information content (AvgIpc) is 2.28. The Morgan fingerprint density at radius 3 is 2.73 bits per heavy atom. The van der Waals surface area contributed by atoms with Crippen LogP contribution in [0.15, 0.2) is 36.5 Å². The quantitative estimate of drug-likeness (QED) is 0.797. The van der Waals surface area contributed by atoms with Gasteiger partial charge in [-0.05, 0) is 17.2 Å². The zero-order valence-electron chi connectivity index (χ0n) is 7.80. The van der Waals surface area contributed by atoms with E-state index in [9.17, 15) is 0 Å². The lowest BCUT2D eigenvalue weighted by molar-refractivity contribution is 0.291. The highest BCUT2D eigenvalue weighted by atomic mass is 35.5. The first kappa shape index (κ1) is 9.86. The Bertz CT molecular complexity index is 436. The molecule has 0 aliphatic heterocycles. The van der Waals surface area contributed by atoms with Gasteiger partial charge in [0.2, 0.25) is 11.2 Å². The Balaban J connectivity index is 1.99. The number of hydrogen-bond acceptors (Lipinski definition) is 4. The molecule has 2 rings (SSSR count). The van der Waals surface area contributed by atoms with Crippen molar-refractivity contribution in [1.82, 2.24) is 15.2 Å². The first-order valence-electron chi connectivity index (χ1n) is 4.36. The highest BCUT2D eigenvalue weighted by molar-refractivity contribution is 6.28. The molecule has 0 N–H and O–H groups in total. The second kappa shape index (κ2) is 4.70. The third-order valence-corrected chi connectivity index (χ3v) is 1.90. The van der Waals surface area contributed by atoms with Crippen LogP contribution in [0.25, 0.3) is 0 Å². The van der Waals surface area contributed by atoms with Crippen LogP contribution in [0, 0.1) is 0 Å². The van der Waals surface area contributed by atoms with Crippen LogP contribution in [0.2, 0.25) is 5.28 Å². The van der Waals surface area contributed by atoms with Crippen LogP contribution in [0.1, 0.15) is 5.56 Å². The van der Waals surface area contributed by atoms with Gasteiger partial charge in [-0.3, -0.25) is 0 Å². The lowest BCUT2D eigenvalue weighted by atomic mass is 10.2. The molecular weight excluding hydrogens is 214 g/mol. The lowest BCUT2D eigenvalue weighted by Gasteiger charge is -2.03. The minimum absolute atomic E-state index is 0.0839. The molecule has 76 valence electrons. The van der Waals surface area contributed by atoms with E-state index in [2.05, 4.69) is 15.2 Å². The van der Waals surface area contributed by atoms with Gasteiger partial charge in [0.25, 0.3) is 0 Å². The predicted octanol–water partition coefficient (Wildman–Crippen LogP) is 2.10. The first-order chi connectivity index (χ1) is 7.34. The van der Waals surface area contributed by atoms with Crippen LogP contribution >= 0.6 is 11.6 Å². The molecule has 0 atom stereocenters. The van der Waals surface area contributed by atoms with Crippen LogP contribution in [0.3, 0.4) is 0 Å². The Labute approximate surface area is 91.9 Å². The average molecular weight is 222 g/mol. The van der Waals surface area contributed by atoms with Crippen LogP contribution in [0.5, 0.6) is 5.88 Å². The number of aromatic nitrogens is 3. The van der Waals surface area contributed by atoms with Crippen LogP contribution in [0.4, 0.5) is 0 Å².